The number of hydrogen-bond acceptors (Lipinski definition) is 3. The molecule has 1 amide bonds. The van der Waals surface area contributed by atoms with Gasteiger partial charge < -0.3 is 10.2 Å². The van der Waals surface area contributed by atoms with E-state index in [0.717, 1.165) is 6.07 Å². The minimum absolute atomic E-state index is 0.171. The molecule has 0 bridgehead atoms. The summed E-state index contributed by atoms with van der Waals surface area (Å²) in [5, 5.41) is 3.25. The van der Waals surface area contributed by atoms with E-state index in [-0.39, 0.29) is 12.5 Å². The van der Waals surface area contributed by atoms with Crippen LogP contribution in [0.5, 0.6) is 0 Å². The fourth-order valence-electron chi connectivity index (χ4n) is 3.00. The summed E-state index contributed by atoms with van der Waals surface area (Å²) in [7, 11) is 0. The van der Waals surface area contributed by atoms with Gasteiger partial charge in [0.1, 0.15) is 0 Å². The molecule has 1 saturated heterocycles. The Bertz CT molecular complexity index is 805. The van der Waals surface area contributed by atoms with E-state index in [9.17, 15) is 18.0 Å². The number of alkyl halides is 3. The summed E-state index contributed by atoms with van der Waals surface area (Å²) in [5.41, 5.74) is 0.457. The van der Waals surface area contributed by atoms with Gasteiger partial charge in [-0.05, 0) is 30.3 Å². The number of hydrogen-bond donors (Lipinski definition) is 1. The Morgan fingerprint density at radius 1 is 1.04 bits per heavy atom. The summed E-state index contributed by atoms with van der Waals surface area (Å²) in [4.78, 5) is 16.1. The summed E-state index contributed by atoms with van der Waals surface area (Å²) >= 11 is 6.03. The number of nitrogens with zero attached hydrogens (tertiary/aromatic N) is 2. The van der Waals surface area contributed by atoms with Crippen molar-refractivity contribution in [2.24, 2.45) is 0 Å². The largest absolute Gasteiger partial charge is 0.416 e. The van der Waals surface area contributed by atoms with Crippen LogP contribution in [0, 0.1) is 0 Å². The lowest BCUT2D eigenvalue weighted by molar-refractivity contribution is -0.137. The molecule has 0 saturated carbocycles. The SMILES string of the molecule is O=C(CN1CCN(c2cccc(C(F)(F)F)c2)CC1)Nc1ccccc1Cl. The molecule has 0 unspecified atom stereocenters. The Balaban J connectivity index is 1.53. The molecule has 2 aromatic rings. The van der Waals surface area contributed by atoms with Gasteiger partial charge in [0, 0.05) is 31.9 Å². The lowest BCUT2D eigenvalue weighted by Gasteiger charge is -2.36. The first-order chi connectivity index (χ1) is 12.8. The van der Waals surface area contributed by atoms with Gasteiger partial charge in [-0.25, -0.2) is 0 Å². The molecule has 0 radical (unpaired) electrons. The number of piperazine rings is 1. The number of carbonyl (C=O) groups excluding carboxylic acids is 1. The van der Waals surface area contributed by atoms with Gasteiger partial charge in [-0.15, -0.1) is 0 Å². The van der Waals surface area contributed by atoms with Crippen molar-refractivity contribution in [3.05, 3.63) is 59.1 Å². The quantitative estimate of drug-likeness (QED) is 0.843. The summed E-state index contributed by atoms with van der Waals surface area (Å²) in [6.07, 6.45) is -4.35. The molecule has 4 nitrogen and oxygen atoms in total. The van der Waals surface area contributed by atoms with Crippen molar-refractivity contribution in [3.8, 4) is 0 Å². The normalized spacial score (nSPS) is 15.6. The molecule has 1 fully saturated rings. The van der Waals surface area contributed by atoms with Gasteiger partial charge in [0.25, 0.3) is 0 Å². The van der Waals surface area contributed by atoms with Crippen LogP contribution in [0.25, 0.3) is 0 Å². The lowest BCUT2D eigenvalue weighted by atomic mass is 10.1. The fourth-order valence-corrected chi connectivity index (χ4v) is 3.18. The predicted molar refractivity (Wildman–Crippen MR) is 100 cm³/mol. The minimum Gasteiger partial charge on any atom is -0.369 e. The standard InChI is InChI=1S/C19H19ClF3N3O/c20-16-6-1-2-7-17(16)24-18(27)13-25-8-10-26(11-9-25)15-5-3-4-14(12-15)19(21,22)23/h1-7,12H,8-11,13H2,(H,24,27). The number of halogens is 4. The molecule has 27 heavy (non-hydrogen) atoms. The number of carbonyl (C=O) groups is 1. The molecule has 0 atom stereocenters. The molecule has 1 aliphatic rings. The molecule has 8 heteroatoms. The maximum atomic E-state index is 12.9. The van der Waals surface area contributed by atoms with Crippen molar-refractivity contribution in [3.63, 3.8) is 0 Å². The summed E-state index contributed by atoms with van der Waals surface area (Å²) in [6, 6.07) is 12.3. The van der Waals surface area contributed by atoms with Crippen LogP contribution in [-0.4, -0.2) is 43.5 Å². The third kappa shape index (κ3) is 5.14. The van der Waals surface area contributed by atoms with Gasteiger partial charge in [0.2, 0.25) is 5.91 Å². The smallest absolute Gasteiger partial charge is 0.369 e. The Hall–Kier alpha value is -2.25. The molecule has 1 heterocycles. The zero-order valence-electron chi connectivity index (χ0n) is 14.5. The molecule has 2 aromatic carbocycles. The highest BCUT2D eigenvalue weighted by molar-refractivity contribution is 6.33. The molecule has 0 aliphatic carbocycles. The molecule has 0 aromatic heterocycles. The fraction of sp³-hybridized carbons (Fsp3) is 0.316. The van der Waals surface area contributed by atoms with Gasteiger partial charge in [0.05, 0.1) is 22.8 Å². The summed E-state index contributed by atoms with van der Waals surface area (Å²) in [5.74, 6) is -0.171. The number of amides is 1. The molecular weight excluding hydrogens is 379 g/mol. The van der Waals surface area contributed by atoms with Crippen LogP contribution in [0.1, 0.15) is 5.56 Å². The number of anilines is 2. The number of rotatable bonds is 4. The second-order valence-corrected chi connectivity index (χ2v) is 6.75. The first-order valence-electron chi connectivity index (χ1n) is 8.52. The number of benzene rings is 2. The summed E-state index contributed by atoms with van der Waals surface area (Å²) < 4.78 is 38.6. The second-order valence-electron chi connectivity index (χ2n) is 6.34. The molecule has 144 valence electrons. The van der Waals surface area contributed by atoms with Crippen molar-refractivity contribution < 1.29 is 18.0 Å². The van der Waals surface area contributed by atoms with Gasteiger partial charge in [-0.3, -0.25) is 9.69 Å². The Kier molecular flexibility index (Phi) is 5.92. The van der Waals surface area contributed by atoms with E-state index in [4.69, 9.17) is 11.6 Å². The van der Waals surface area contributed by atoms with E-state index < -0.39 is 11.7 Å². The van der Waals surface area contributed by atoms with E-state index in [2.05, 4.69) is 5.32 Å². The van der Waals surface area contributed by atoms with Crippen LogP contribution in [0.3, 0.4) is 0 Å². The van der Waals surface area contributed by atoms with Crippen LogP contribution in [-0.2, 0) is 11.0 Å². The second kappa shape index (κ2) is 8.19. The molecule has 3 rings (SSSR count). The van der Waals surface area contributed by atoms with Crippen LogP contribution >= 0.6 is 11.6 Å². The summed E-state index contributed by atoms with van der Waals surface area (Å²) in [6.45, 7) is 2.50. The maximum absolute atomic E-state index is 12.9. The van der Waals surface area contributed by atoms with Gasteiger partial charge in [-0.2, -0.15) is 13.2 Å². The average Bonchev–Trinajstić information content (AvgIpc) is 2.64. The monoisotopic (exact) mass is 397 g/mol. The first kappa shape index (κ1) is 19.5. The molecular formula is C19H19ClF3N3O. The molecule has 1 aliphatic heterocycles. The van der Waals surface area contributed by atoms with Crippen LogP contribution in [0.2, 0.25) is 5.02 Å². The van der Waals surface area contributed by atoms with E-state index >= 15 is 0 Å². The van der Waals surface area contributed by atoms with Crippen molar-refractivity contribution in [1.82, 2.24) is 4.90 Å². The lowest BCUT2D eigenvalue weighted by Crippen LogP contribution is -2.48. The highest BCUT2D eigenvalue weighted by Gasteiger charge is 2.31. The van der Waals surface area contributed by atoms with Gasteiger partial charge >= 0.3 is 6.18 Å². The van der Waals surface area contributed by atoms with Crippen LogP contribution in [0.4, 0.5) is 24.5 Å². The maximum Gasteiger partial charge on any atom is 0.416 e. The van der Waals surface area contributed by atoms with E-state index in [1.165, 1.54) is 12.1 Å². The Morgan fingerprint density at radius 3 is 2.41 bits per heavy atom. The topological polar surface area (TPSA) is 35.6 Å². The first-order valence-corrected chi connectivity index (χ1v) is 8.90. The van der Waals surface area contributed by atoms with Crippen LogP contribution < -0.4 is 10.2 Å². The number of nitrogens with one attached hydrogen (secondary N) is 1. The molecule has 1 N–H and O–H groups in total. The van der Waals surface area contributed by atoms with Gasteiger partial charge in [0.15, 0.2) is 0 Å². The zero-order chi connectivity index (χ0) is 19.4. The molecule has 0 spiro atoms. The average molecular weight is 398 g/mol. The third-order valence-electron chi connectivity index (χ3n) is 4.43. The minimum atomic E-state index is -4.35. The van der Waals surface area contributed by atoms with Crippen molar-refractivity contribution >= 4 is 28.9 Å². The van der Waals surface area contributed by atoms with E-state index in [1.54, 1.807) is 30.3 Å². The Morgan fingerprint density at radius 2 is 1.74 bits per heavy atom. The highest BCUT2D eigenvalue weighted by Crippen LogP contribution is 2.31. The highest BCUT2D eigenvalue weighted by atomic mass is 35.5. The van der Waals surface area contributed by atoms with E-state index in [1.807, 2.05) is 9.80 Å². The zero-order valence-corrected chi connectivity index (χ0v) is 15.2. The van der Waals surface area contributed by atoms with Crippen LogP contribution in [0.15, 0.2) is 48.5 Å². The van der Waals surface area contributed by atoms with E-state index in [0.29, 0.717) is 42.6 Å². The number of para-hydroxylation sites is 1. The van der Waals surface area contributed by atoms with Crippen molar-refractivity contribution in [2.75, 3.05) is 42.9 Å². The predicted octanol–water partition coefficient (Wildman–Crippen LogP) is 4.12. The Labute approximate surface area is 160 Å². The van der Waals surface area contributed by atoms with Crippen molar-refractivity contribution in [2.45, 2.75) is 6.18 Å². The third-order valence-corrected chi connectivity index (χ3v) is 4.76. The van der Waals surface area contributed by atoms with Gasteiger partial charge in [-0.1, -0.05) is 29.8 Å². The van der Waals surface area contributed by atoms with Crippen molar-refractivity contribution in [1.29, 1.82) is 0 Å².